The molecule has 1 aliphatic heterocycles. The summed E-state index contributed by atoms with van der Waals surface area (Å²) in [6.45, 7) is 0.766. The van der Waals surface area contributed by atoms with Crippen LogP contribution in [0.3, 0.4) is 0 Å². The van der Waals surface area contributed by atoms with E-state index in [1.165, 1.54) is 6.07 Å². The predicted molar refractivity (Wildman–Crippen MR) is 69.9 cm³/mol. The van der Waals surface area contributed by atoms with Gasteiger partial charge in [-0.05, 0) is 37.5 Å². The summed E-state index contributed by atoms with van der Waals surface area (Å²) >= 11 is 0. The first-order chi connectivity index (χ1) is 9.25. The molecular formula is C15H15F2N2. The van der Waals surface area contributed by atoms with E-state index < -0.39 is 11.6 Å². The van der Waals surface area contributed by atoms with E-state index in [0.29, 0.717) is 5.69 Å². The van der Waals surface area contributed by atoms with E-state index in [-0.39, 0.29) is 6.17 Å². The third kappa shape index (κ3) is 2.35. The van der Waals surface area contributed by atoms with Crippen LogP contribution < -0.4 is 4.90 Å². The van der Waals surface area contributed by atoms with Crippen molar-refractivity contribution in [1.29, 1.82) is 0 Å². The molecule has 3 rings (SSSR count). The summed E-state index contributed by atoms with van der Waals surface area (Å²) < 4.78 is 29.0. The van der Waals surface area contributed by atoms with Crippen molar-refractivity contribution >= 4 is 5.69 Å². The van der Waals surface area contributed by atoms with E-state index in [1.54, 1.807) is 0 Å². The first-order valence-electron chi connectivity index (χ1n) is 6.51. The summed E-state index contributed by atoms with van der Waals surface area (Å²) in [7, 11) is 0. The second-order valence-corrected chi connectivity index (χ2v) is 4.81. The van der Waals surface area contributed by atoms with Crippen molar-refractivity contribution in [1.82, 2.24) is 4.57 Å². The smallest absolute Gasteiger partial charge is 0.150 e. The highest BCUT2D eigenvalue weighted by atomic mass is 19.1. The number of hydrogen-bond acceptors (Lipinski definition) is 1. The van der Waals surface area contributed by atoms with Gasteiger partial charge in [0.2, 0.25) is 0 Å². The van der Waals surface area contributed by atoms with Gasteiger partial charge in [0.25, 0.3) is 0 Å². The van der Waals surface area contributed by atoms with Crippen molar-refractivity contribution in [3.8, 4) is 0 Å². The molecule has 19 heavy (non-hydrogen) atoms. The molecule has 1 saturated heterocycles. The molecule has 4 heteroatoms. The molecule has 0 amide bonds. The van der Waals surface area contributed by atoms with E-state index in [1.807, 2.05) is 29.4 Å². The normalized spacial score (nSPS) is 19.7. The fourth-order valence-electron chi connectivity index (χ4n) is 2.69. The average molecular weight is 261 g/mol. The Morgan fingerprint density at radius 2 is 1.95 bits per heavy atom. The van der Waals surface area contributed by atoms with Crippen LogP contribution in [0.25, 0.3) is 0 Å². The Kier molecular flexibility index (Phi) is 3.23. The molecule has 0 aliphatic carbocycles. The fourth-order valence-corrected chi connectivity index (χ4v) is 2.69. The number of rotatable bonds is 2. The maximum Gasteiger partial charge on any atom is 0.150 e. The Morgan fingerprint density at radius 3 is 2.68 bits per heavy atom. The van der Waals surface area contributed by atoms with Gasteiger partial charge in [0.05, 0.1) is 5.69 Å². The maximum atomic E-state index is 13.9. The van der Waals surface area contributed by atoms with Crippen LogP contribution in [0.4, 0.5) is 14.5 Å². The number of aromatic nitrogens is 1. The minimum absolute atomic E-state index is 0.0833. The van der Waals surface area contributed by atoms with Crippen molar-refractivity contribution in [2.75, 3.05) is 11.4 Å². The Morgan fingerprint density at radius 1 is 1.16 bits per heavy atom. The van der Waals surface area contributed by atoms with Crippen molar-refractivity contribution in [2.45, 2.75) is 25.4 Å². The highest BCUT2D eigenvalue weighted by Crippen LogP contribution is 2.32. The zero-order chi connectivity index (χ0) is 13.2. The van der Waals surface area contributed by atoms with Crippen LogP contribution in [0.15, 0.2) is 36.7 Å². The zero-order valence-electron chi connectivity index (χ0n) is 10.5. The van der Waals surface area contributed by atoms with Crippen LogP contribution in [0.5, 0.6) is 0 Å². The third-order valence-corrected chi connectivity index (χ3v) is 3.57. The number of anilines is 1. The Balaban J connectivity index is 1.96. The number of nitrogens with zero attached hydrogens (tertiary/aromatic N) is 2. The summed E-state index contributed by atoms with van der Waals surface area (Å²) in [6, 6.07) is 8.76. The molecule has 1 aliphatic rings. The van der Waals surface area contributed by atoms with Gasteiger partial charge in [0.1, 0.15) is 17.8 Å². The van der Waals surface area contributed by atoms with Crippen molar-refractivity contribution < 1.29 is 8.78 Å². The first kappa shape index (κ1) is 12.2. The van der Waals surface area contributed by atoms with Gasteiger partial charge >= 0.3 is 0 Å². The van der Waals surface area contributed by atoms with Gasteiger partial charge in [-0.15, -0.1) is 0 Å². The molecule has 0 bridgehead atoms. The SMILES string of the molecule is Fc1c[c]c(N2CCCCC2n2cccc2)c(F)c1. The summed E-state index contributed by atoms with van der Waals surface area (Å²) in [6.07, 6.45) is 7.12. The molecule has 1 fully saturated rings. The molecule has 99 valence electrons. The highest BCUT2D eigenvalue weighted by molar-refractivity contribution is 5.47. The van der Waals surface area contributed by atoms with Crippen LogP contribution in [0.2, 0.25) is 0 Å². The van der Waals surface area contributed by atoms with Gasteiger partial charge in [0, 0.05) is 31.1 Å². The monoisotopic (exact) mass is 261 g/mol. The summed E-state index contributed by atoms with van der Waals surface area (Å²) in [5.74, 6) is -1.13. The zero-order valence-corrected chi connectivity index (χ0v) is 10.5. The minimum atomic E-state index is -0.587. The van der Waals surface area contributed by atoms with E-state index in [9.17, 15) is 8.78 Å². The second-order valence-electron chi connectivity index (χ2n) is 4.81. The third-order valence-electron chi connectivity index (χ3n) is 3.57. The second kappa shape index (κ2) is 5.03. The lowest BCUT2D eigenvalue weighted by atomic mass is 10.1. The van der Waals surface area contributed by atoms with Gasteiger partial charge in [0.15, 0.2) is 0 Å². The lowest BCUT2D eigenvalue weighted by Gasteiger charge is -2.38. The van der Waals surface area contributed by atoms with Gasteiger partial charge < -0.3 is 9.47 Å². The van der Waals surface area contributed by atoms with Crippen LogP contribution in [0, 0.1) is 17.7 Å². The molecule has 1 radical (unpaired) electrons. The fraction of sp³-hybridized carbons (Fsp3) is 0.333. The largest absolute Gasteiger partial charge is 0.348 e. The molecular weight excluding hydrogens is 246 g/mol. The Labute approximate surface area is 111 Å². The number of benzene rings is 1. The number of halogens is 2. The van der Waals surface area contributed by atoms with E-state index in [2.05, 4.69) is 10.6 Å². The Hall–Kier alpha value is -1.84. The number of piperidine rings is 1. The van der Waals surface area contributed by atoms with Crippen LogP contribution >= 0.6 is 0 Å². The van der Waals surface area contributed by atoms with Crippen molar-refractivity contribution in [2.24, 2.45) is 0 Å². The summed E-state index contributed by atoms with van der Waals surface area (Å²) in [5.41, 5.74) is 0.361. The summed E-state index contributed by atoms with van der Waals surface area (Å²) in [4.78, 5) is 1.97. The first-order valence-corrected chi connectivity index (χ1v) is 6.51. The molecule has 0 spiro atoms. The lowest BCUT2D eigenvalue weighted by Crippen LogP contribution is -2.37. The molecule has 2 aromatic rings. The Bertz CT molecular complexity index is 551. The van der Waals surface area contributed by atoms with E-state index in [4.69, 9.17) is 0 Å². The average Bonchev–Trinajstić information content (AvgIpc) is 2.93. The van der Waals surface area contributed by atoms with Crippen LogP contribution in [-0.2, 0) is 0 Å². The molecule has 1 atom stereocenters. The van der Waals surface area contributed by atoms with E-state index in [0.717, 1.165) is 31.9 Å². The summed E-state index contributed by atoms with van der Waals surface area (Å²) in [5, 5.41) is 0. The highest BCUT2D eigenvalue weighted by Gasteiger charge is 2.25. The van der Waals surface area contributed by atoms with Gasteiger partial charge in [-0.2, -0.15) is 0 Å². The number of hydrogen-bond donors (Lipinski definition) is 0. The molecule has 1 aromatic heterocycles. The van der Waals surface area contributed by atoms with Crippen LogP contribution in [-0.4, -0.2) is 11.1 Å². The standard InChI is InChI=1S/C15H15F2N2/c16-12-6-7-14(13(17)11-12)19-10-2-1-5-15(19)18-8-3-4-9-18/h3-4,6,8-9,11,15H,1-2,5,10H2. The minimum Gasteiger partial charge on any atom is -0.348 e. The van der Waals surface area contributed by atoms with E-state index >= 15 is 0 Å². The van der Waals surface area contributed by atoms with Gasteiger partial charge in [-0.1, -0.05) is 0 Å². The molecule has 2 heterocycles. The van der Waals surface area contributed by atoms with Gasteiger partial charge in [-0.3, -0.25) is 0 Å². The molecule has 1 aromatic carbocycles. The van der Waals surface area contributed by atoms with Crippen molar-refractivity contribution in [3.05, 3.63) is 54.4 Å². The maximum absolute atomic E-state index is 13.9. The molecule has 1 unspecified atom stereocenters. The van der Waals surface area contributed by atoms with Crippen LogP contribution in [0.1, 0.15) is 25.4 Å². The van der Waals surface area contributed by atoms with Crippen molar-refractivity contribution in [3.63, 3.8) is 0 Å². The topological polar surface area (TPSA) is 8.17 Å². The molecule has 0 saturated carbocycles. The predicted octanol–water partition coefficient (Wildman–Crippen LogP) is 3.76. The lowest BCUT2D eigenvalue weighted by molar-refractivity contribution is 0.371. The van der Waals surface area contributed by atoms with Gasteiger partial charge in [-0.25, -0.2) is 8.78 Å². The molecule has 2 nitrogen and oxygen atoms in total. The molecule has 0 N–H and O–H groups in total. The quantitative estimate of drug-likeness (QED) is 0.799.